The predicted molar refractivity (Wildman–Crippen MR) is 75.7 cm³/mol. The largest absolute Gasteiger partial charge is 0.495 e. The van der Waals surface area contributed by atoms with Crippen LogP contribution in [-0.4, -0.2) is 47.0 Å². The second-order valence-electron chi connectivity index (χ2n) is 3.88. The van der Waals surface area contributed by atoms with Crippen molar-refractivity contribution >= 4 is 21.6 Å². The van der Waals surface area contributed by atoms with E-state index >= 15 is 0 Å². The number of rotatable bonds is 9. The fourth-order valence-electron chi connectivity index (χ4n) is 1.49. The molecule has 20 heavy (non-hydrogen) atoms. The van der Waals surface area contributed by atoms with Crippen molar-refractivity contribution in [2.75, 3.05) is 33.5 Å². The lowest BCUT2D eigenvalue weighted by Gasteiger charge is -2.11. The second kappa shape index (κ2) is 8.43. The van der Waals surface area contributed by atoms with Crippen LogP contribution < -0.4 is 9.46 Å². The summed E-state index contributed by atoms with van der Waals surface area (Å²) in [6.07, 6.45) is 0.509. The summed E-state index contributed by atoms with van der Waals surface area (Å²) < 4.78 is 36.7. The van der Waals surface area contributed by atoms with Crippen LogP contribution in [0.2, 0.25) is 5.02 Å². The zero-order chi connectivity index (χ0) is 15.0. The van der Waals surface area contributed by atoms with E-state index in [0.717, 1.165) is 0 Å². The first kappa shape index (κ1) is 17.2. The molecule has 0 unspecified atom stereocenters. The maximum atomic E-state index is 12.1. The van der Waals surface area contributed by atoms with Crippen molar-refractivity contribution in [3.8, 4) is 5.75 Å². The summed E-state index contributed by atoms with van der Waals surface area (Å²) in [5.41, 5.74) is 0. The van der Waals surface area contributed by atoms with Crippen molar-refractivity contribution in [3.63, 3.8) is 0 Å². The summed E-state index contributed by atoms with van der Waals surface area (Å²) in [5.74, 6) is 0.196. The minimum atomic E-state index is -3.65. The average molecular weight is 324 g/mol. The fourth-order valence-corrected chi connectivity index (χ4v) is 2.87. The Balaban J connectivity index is 2.60. The molecule has 0 spiro atoms. The molecule has 0 bridgehead atoms. The number of ether oxygens (including phenoxy) is 2. The Hall–Kier alpha value is -0.860. The third-order valence-corrected chi connectivity index (χ3v) is 4.14. The van der Waals surface area contributed by atoms with Crippen molar-refractivity contribution in [3.05, 3.63) is 23.2 Å². The number of sulfonamides is 1. The lowest BCUT2D eigenvalue weighted by atomic mass is 10.3. The molecule has 2 N–H and O–H groups in total. The molecule has 1 aromatic rings. The van der Waals surface area contributed by atoms with Crippen LogP contribution in [-0.2, 0) is 14.8 Å². The number of aliphatic hydroxyl groups is 1. The van der Waals surface area contributed by atoms with Crippen LogP contribution in [0.3, 0.4) is 0 Å². The van der Waals surface area contributed by atoms with E-state index in [2.05, 4.69) is 4.72 Å². The molecular formula is C12H18ClNO5S. The van der Waals surface area contributed by atoms with Crippen molar-refractivity contribution in [1.29, 1.82) is 0 Å². The Morgan fingerprint density at radius 1 is 1.35 bits per heavy atom. The predicted octanol–water partition coefficient (Wildman–Crippen LogP) is 1.03. The summed E-state index contributed by atoms with van der Waals surface area (Å²) in [7, 11) is -2.27. The smallest absolute Gasteiger partial charge is 0.244 e. The van der Waals surface area contributed by atoms with Gasteiger partial charge in [-0.05, 0) is 18.6 Å². The van der Waals surface area contributed by atoms with Crippen LogP contribution in [0.25, 0.3) is 0 Å². The first-order valence-corrected chi connectivity index (χ1v) is 7.89. The van der Waals surface area contributed by atoms with E-state index in [0.29, 0.717) is 18.1 Å². The van der Waals surface area contributed by atoms with E-state index in [1.165, 1.54) is 25.3 Å². The number of benzene rings is 1. The quantitative estimate of drug-likeness (QED) is 0.663. The van der Waals surface area contributed by atoms with Gasteiger partial charge in [0, 0.05) is 24.2 Å². The molecule has 6 nitrogen and oxygen atoms in total. The number of nitrogens with one attached hydrogen (secondary N) is 1. The fraction of sp³-hybridized carbons (Fsp3) is 0.500. The minimum absolute atomic E-state index is 0.0423. The summed E-state index contributed by atoms with van der Waals surface area (Å²) in [4.78, 5) is 0.0423. The standard InChI is InChI=1S/C12H18ClNO5S/c1-18-11-9-10(13)3-4-12(11)20(16,17)14-5-2-7-19-8-6-15/h3-4,9,14-15H,2,5-8H2,1H3. The summed E-state index contributed by atoms with van der Waals surface area (Å²) in [6, 6.07) is 4.33. The third-order valence-electron chi connectivity index (χ3n) is 2.41. The molecule has 114 valence electrons. The molecule has 0 amide bonds. The maximum Gasteiger partial charge on any atom is 0.244 e. The minimum Gasteiger partial charge on any atom is -0.495 e. The van der Waals surface area contributed by atoms with Crippen LogP contribution in [0.1, 0.15) is 6.42 Å². The van der Waals surface area contributed by atoms with Gasteiger partial charge in [-0.2, -0.15) is 0 Å². The van der Waals surface area contributed by atoms with Crippen molar-refractivity contribution < 1.29 is 23.0 Å². The zero-order valence-corrected chi connectivity index (χ0v) is 12.7. The van der Waals surface area contributed by atoms with Crippen LogP contribution in [0, 0.1) is 0 Å². The van der Waals surface area contributed by atoms with Gasteiger partial charge in [-0.25, -0.2) is 13.1 Å². The average Bonchev–Trinajstić information content (AvgIpc) is 2.42. The van der Waals surface area contributed by atoms with Gasteiger partial charge >= 0.3 is 0 Å². The monoisotopic (exact) mass is 323 g/mol. The Kier molecular flexibility index (Phi) is 7.25. The Labute approximate surface area is 123 Å². The SMILES string of the molecule is COc1cc(Cl)ccc1S(=O)(=O)NCCCOCCO. The molecule has 0 aliphatic carbocycles. The molecule has 0 aliphatic heterocycles. The molecule has 0 atom stereocenters. The maximum absolute atomic E-state index is 12.1. The van der Waals surface area contributed by atoms with Gasteiger partial charge < -0.3 is 14.6 Å². The molecule has 0 aromatic heterocycles. The molecule has 0 heterocycles. The van der Waals surface area contributed by atoms with Gasteiger partial charge in [-0.1, -0.05) is 11.6 Å². The highest BCUT2D eigenvalue weighted by atomic mass is 35.5. The lowest BCUT2D eigenvalue weighted by molar-refractivity contribution is 0.0913. The molecule has 0 saturated carbocycles. The van der Waals surface area contributed by atoms with Gasteiger partial charge in [-0.15, -0.1) is 0 Å². The van der Waals surface area contributed by atoms with E-state index < -0.39 is 10.0 Å². The molecule has 0 aliphatic rings. The van der Waals surface area contributed by atoms with Gasteiger partial charge in [0.05, 0.1) is 20.3 Å². The second-order valence-corrected chi connectivity index (χ2v) is 6.05. The van der Waals surface area contributed by atoms with Gasteiger partial charge in [0.1, 0.15) is 10.6 Å². The topological polar surface area (TPSA) is 84.9 Å². The summed E-state index contributed by atoms with van der Waals surface area (Å²) >= 11 is 5.79. The van der Waals surface area contributed by atoms with Crippen molar-refractivity contribution in [2.45, 2.75) is 11.3 Å². The number of hydrogen-bond donors (Lipinski definition) is 2. The Bertz CT molecular complexity index is 521. The molecule has 1 rings (SSSR count). The Morgan fingerprint density at radius 3 is 2.75 bits per heavy atom. The van der Waals surface area contributed by atoms with Crippen LogP contribution in [0.4, 0.5) is 0 Å². The van der Waals surface area contributed by atoms with Crippen molar-refractivity contribution in [1.82, 2.24) is 4.72 Å². The number of methoxy groups -OCH3 is 1. The van der Waals surface area contributed by atoms with E-state index in [4.69, 9.17) is 26.2 Å². The summed E-state index contributed by atoms with van der Waals surface area (Å²) in [6.45, 7) is 0.811. The van der Waals surface area contributed by atoms with Gasteiger partial charge in [0.15, 0.2) is 0 Å². The third kappa shape index (κ3) is 5.26. The number of aliphatic hydroxyl groups excluding tert-OH is 1. The highest BCUT2D eigenvalue weighted by Crippen LogP contribution is 2.26. The molecule has 0 fully saturated rings. The van der Waals surface area contributed by atoms with E-state index in [9.17, 15) is 8.42 Å². The first-order chi connectivity index (χ1) is 9.51. The highest BCUT2D eigenvalue weighted by Gasteiger charge is 2.18. The van der Waals surface area contributed by atoms with Gasteiger partial charge in [0.2, 0.25) is 10.0 Å². The van der Waals surface area contributed by atoms with Gasteiger partial charge in [-0.3, -0.25) is 0 Å². The first-order valence-electron chi connectivity index (χ1n) is 6.03. The zero-order valence-electron chi connectivity index (χ0n) is 11.1. The molecule has 0 radical (unpaired) electrons. The molecule has 0 saturated heterocycles. The lowest BCUT2D eigenvalue weighted by Crippen LogP contribution is -2.26. The van der Waals surface area contributed by atoms with E-state index in [1.807, 2.05) is 0 Å². The van der Waals surface area contributed by atoms with E-state index in [-0.39, 0.29) is 30.4 Å². The highest BCUT2D eigenvalue weighted by molar-refractivity contribution is 7.89. The number of hydrogen-bond acceptors (Lipinski definition) is 5. The normalized spacial score (nSPS) is 11.6. The Morgan fingerprint density at radius 2 is 2.10 bits per heavy atom. The summed E-state index contributed by atoms with van der Waals surface area (Å²) in [5, 5.41) is 8.92. The van der Waals surface area contributed by atoms with Gasteiger partial charge in [0.25, 0.3) is 0 Å². The molecule has 1 aromatic carbocycles. The van der Waals surface area contributed by atoms with Crippen molar-refractivity contribution in [2.24, 2.45) is 0 Å². The molecule has 8 heteroatoms. The van der Waals surface area contributed by atoms with Crippen LogP contribution >= 0.6 is 11.6 Å². The van der Waals surface area contributed by atoms with Crippen LogP contribution in [0.15, 0.2) is 23.1 Å². The van der Waals surface area contributed by atoms with E-state index in [1.54, 1.807) is 0 Å². The molecular weight excluding hydrogens is 306 g/mol. The number of halogens is 1. The van der Waals surface area contributed by atoms with Crippen LogP contribution in [0.5, 0.6) is 5.75 Å².